The van der Waals surface area contributed by atoms with Gasteiger partial charge in [-0.3, -0.25) is 0 Å². The molecule has 1 aliphatic heterocycles. The maximum atomic E-state index is 13.9. The van der Waals surface area contributed by atoms with Crippen LogP contribution in [0.25, 0.3) is 0 Å². The van der Waals surface area contributed by atoms with Crippen LogP contribution in [0.15, 0.2) is 30.3 Å². The number of halogens is 1. The van der Waals surface area contributed by atoms with Crippen LogP contribution in [0, 0.1) is 5.92 Å². The molecule has 2 rings (SSSR count). The van der Waals surface area contributed by atoms with Crippen LogP contribution in [0.3, 0.4) is 0 Å². The Kier molecular flexibility index (Phi) is 3.34. The molecule has 0 bridgehead atoms. The molecule has 1 aromatic carbocycles. The molecule has 1 aliphatic rings. The topological polar surface area (TPSA) is 3.24 Å². The van der Waals surface area contributed by atoms with Crippen molar-refractivity contribution >= 4 is 12.9 Å². The summed E-state index contributed by atoms with van der Waals surface area (Å²) < 4.78 is 13.9. The monoisotopic (exact) mass is 218 g/mol. The van der Waals surface area contributed by atoms with Crippen LogP contribution in [0.5, 0.6) is 0 Å². The van der Waals surface area contributed by atoms with Gasteiger partial charge in [-0.25, -0.2) is 4.39 Å². The summed E-state index contributed by atoms with van der Waals surface area (Å²) in [4.78, 5) is 2.22. The number of nitrogens with zero attached hydrogens (tertiary/aromatic N) is 1. The first kappa shape index (κ1) is 11.7. The number of benzene rings is 1. The van der Waals surface area contributed by atoms with Crippen molar-refractivity contribution in [2.45, 2.75) is 25.9 Å². The van der Waals surface area contributed by atoms with E-state index in [-0.39, 0.29) is 5.92 Å². The zero-order valence-electron chi connectivity index (χ0n) is 9.99. The van der Waals surface area contributed by atoms with Gasteiger partial charge in [0.1, 0.15) is 5.67 Å². The largest absolute Gasteiger partial charge is 0.342 e. The van der Waals surface area contributed by atoms with Crippen molar-refractivity contribution in [1.29, 1.82) is 0 Å². The number of piperidine rings is 1. The zero-order chi connectivity index (χ0) is 11.6. The van der Waals surface area contributed by atoms with Crippen LogP contribution < -0.4 is 5.46 Å². The third kappa shape index (κ3) is 2.64. The summed E-state index contributed by atoms with van der Waals surface area (Å²) in [5.41, 5.74) is 0.193. The highest BCUT2D eigenvalue weighted by atomic mass is 19.1. The van der Waals surface area contributed by atoms with Crippen molar-refractivity contribution < 1.29 is 4.39 Å². The molecule has 1 aromatic rings. The standard InChI is InChI=1S/C13H18BFN/c1-11-10-16(9-8-13(11,2)15)14-12-6-4-3-5-7-12/h3-7,11H,8-10H2,1-2H3/t11?,13-/m1/s1. The second-order valence-electron chi connectivity index (χ2n) is 4.96. The molecule has 0 spiro atoms. The van der Waals surface area contributed by atoms with Crippen molar-refractivity contribution in [3.63, 3.8) is 0 Å². The molecule has 0 aromatic heterocycles. The maximum absolute atomic E-state index is 13.9. The molecule has 2 atom stereocenters. The first-order valence-electron chi connectivity index (χ1n) is 5.91. The Morgan fingerprint density at radius 1 is 1.38 bits per heavy atom. The number of alkyl halides is 1. The van der Waals surface area contributed by atoms with Gasteiger partial charge < -0.3 is 4.81 Å². The van der Waals surface area contributed by atoms with Gasteiger partial charge in [-0.1, -0.05) is 42.7 Å². The van der Waals surface area contributed by atoms with Gasteiger partial charge in [0.15, 0.2) is 0 Å². The van der Waals surface area contributed by atoms with Crippen LogP contribution in [0.4, 0.5) is 4.39 Å². The minimum Gasteiger partial charge on any atom is -0.342 e. The lowest BCUT2D eigenvalue weighted by Gasteiger charge is -2.39. The molecule has 1 nitrogen and oxygen atoms in total. The van der Waals surface area contributed by atoms with Crippen molar-refractivity contribution in [3.05, 3.63) is 30.3 Å². The van der Waals surface area contributed by atoms with Gasteiger partial charge in [0, 0.05) is 5.92 Å². The Morgan fingerprint density at radius 3 is 2.69 bits per heavy atom. The number of hydrogen-bond acceptors (Lipinski definition) is 1. The van der Waals surface area contributed by atoms with Crippen molar-refractivity contribution in [2.75, 3.05) is 13.1 Å². The second kappa shape index (κ2) is 4.58. The lowest BCUT2D eigenvalue weighted by molar-refractivity contribution is 0.0493. The molecule has 1 radical (unpaired) electrons. The van der Waals surface area contributed by atoms with Gasteiger partial charge in [0.2, 0.25) is 7.41 Å². The van der Waals surface area contributed by atoms with Crippen LogP contribution >= 0.6 is 0 Å². The Bertz CT molecular complexity index is 339. The second-order valence-corrected chi connectivity index (χ2v) is 4.96. The highest BCUT2D eigenvalue weighted by molar-refractivity contribution is 6.50. The van der Waals surface area contributed by atoms with Crippen LogP contribution in [0.2, 0.25) is 0 Å². The molecule has 16 heavy (non-hydrogen) atoms. The summed E-state index contributed by atoms with van der Waals surface area (Å²) in [5.74, 6) is 0.0983. The summed E-state index contributed by atoms with van der Waals surface area (Å²) in [6, 6.07) is 10.2. The highest BCUT2D eigenvalue weighted by Gasteiger charge is 2.36. The molecular formula is C13H18BFN. The molecule has 1 heterocycles. The zero-order valence-corrected chi connectivity index (χ0v) is 9.99. The highest BCUT2D eigenvalue weighted by Crippen LogP contribution is 2.30. The van der Waals surface area contributed by atoms with Crippen LogP contribution in [-0.2, 0) is 0 Å². The molecule has 1 unspecified atom stereocenters. The van der Waals surface area contributed by atoms with E-state index in [9.17, 15) is 4.39 Å². The van der Waals surface area contributed by atoms with E-state index in [1.54, 1.807) is 6.92 Å². The van der Waals surface area contributed by atoms with E-state index < -0.39 is 5.67 Å². The van der Waals surface area contributed by atoms with E-state index in [1.807, 2.05) is 25.1 Å². The van der Waals surface area contributed by atoms with Gasteiger partial charge in [0.05, 0.1) is 0 Å². The summed E-state index contributed by atoms with van der Waals surface area (Å²) in [7, 11) is 2.13. The van der Waals surface area contributed by atoms with Gasteiger partial charge >= 0.3 is 0 Å². The smallest absolute Gasteiger partial charge is 0.247 e. The van der Waals surface area contributed by atoms with E-state index in [2.05, 4.69) is 24.4 Å². The van der Waals surface area contributed by atoms with Crippen LogP contribution in [0.1, 0.15) is 20.3 Å². The summed E-state index contributed by atoms with van der Waals surface area (Å²) >= 11 is 0. The lowest BCUT2D eigenvalue weighted by atomic mass is 9.75. The summed E-state index contributed by atoms with van der Waals surface area (Å²) in [6.45, 7) is 5.33. The molecule has 0 aliphatic carbocycles. The minimum atomic E-state index is -0.999. The third-order valence-corrected chi connectivity index (χ3v) is 3.55. The van der Waals surface area contributed by atoms with Gasteiger partial charge in [-0.2, -0.15) is 0 Å². The lowest BCUT2D eigenvalue weighted by Crippen LogP contribution is -2.50. The molecule has 3 heteroatoms. The number of hydrogen-bond donors (Lipinski definition) is 0. The molecule has 0 N–H and O–H groups in total. The molecule has 1 fully saturated rings. The van der Waals surface area contributed by atoms with Crippen molar-refractivity contribution in [2.24, 2.45) is 5.92 Å². The molecular weight excluding hydrogens is 200 g/mol. The SMILES string of the molecule is CC1CN([B]c2ccccc2)CC[C@@]1(C)F. The first-order valence-corrected chi connectivity index (χ1v) is 5.91. The van der Waals surface area contributed by atoms with Gasteiger partial charge in [-0.15, -0.1) is 0 Å². The Hall–Kier alpha value is -0.825. The Balaban J connectivity index is 1.94. The van der Waals surface area contributed by atoms with Gasteiger partial charge in [0.25, 0.3) is 0 Å². The van der Waals surface area contributed by atoms with E-state index in [4.69, 9.17) is 0 Å². The third-order valence-electron chi connectivity index (χ3n) is 3.55. The minimum absolute atomic E-state index is 0.0983. The fraction of sp³-hybridized carbons (Fsp3) is 0.538. The fourth-order valence-corrected chi connectivity index (χ4v) is 2.11. The summed E-state index contributed by atoms with van der Waals surface area (Å²) in [5, 5.41) is 0. The average molecular weight is 218 g/mol. The average Bonchev–Trinajstić information content (AvgIpc) is 2.26. The van der Waals surface area contributed by atoms with Gasteiger partial charge in [-0.05, 0) is 26.4 Å². The predicted molar refractivity (Wildman–Crippen MR) is 66.7 cm³/mol. The Morgan fingerprint density at radius 2 is 2.06 bits per heavy atom. The maximum Gasteiger partial charge on any atom is 0.247 e. The van der Waals surface area contributed by atoms with E-state index >= 15 is 0 Å². The van der Waals surface area contributed by atoms with Crippen molar-refractivity contribution in [1.82, 2.24) is 4.81 Å². The Labute approximate surface area is 97.9 Å². The number of rotatable bonds is 2. The van der Waals surface area contributed by atoms with E-state index in [1.165, 1.54) is 5.46 Å². The quantitative estimate of drug-likeness (QED) is 0.686. The summed E-state index contributed by atoms with van der Waals surface area (Å²) in [6.07, 6.45) is 0.623. The molecule has 1 saturated heterocycles. The normalized spacial score (nSPS) is 31.3. The van der Waals surface area contributed by atoms with E-state index in [0.717, 1.165) is 13.1 Å². The molecule has 0 saturated carbocycles. The molecule has 0 amide bonds. The van der Waals surface area contributed by atoms with E-state index in [0.29, 0.717) is 6.42 Å². The van der Waals surface area contributed by atoms with Crippen LogP contribution in [-0.4, -0.2) is 31.0 Å². The molecule has 85 valence electrons. The predicted octanol–water partition coefficient (Wildman–Crippen LogP) is 2.00. The fourth-order valence-electron chi connectivity index (χ4n) is 2.11. The van der Waals surface area contributed by atoms with Crippen molar-refractivity contribution in [3.8, 4) is 0 Å². The first-order chi connectivity index (χ1) is 7.58.